The summed E-state index contributed by atoms with van der Waals surface area (Å²) >= 11 is 0. The highest BCUT2D eigenvalue weighted by atomic mass is 16.5. The van der Waals surface area contributed by atoms with E-state index < -0.39 is 0 Å². The maximum absolute atomic E-state index is 12.7. The summed E-state index contributed by atoms with van der Waals surface area (Å²) in [5, 5.41) is 0. The molecule has 1 aromatic carbocycles. The lowest BCUT2D eigenvalue weighted by Crippen LogP contribution is -2.34. The number of nitrogens with zero attached hydrogens (tertiary/aromatic N) is 1. The van der Waals surface area contributed by atoms with Gasteiger partial charge in [-0.25, -0.2) is 0 Å². The van der Waals surface area contributed by atoms with Crippen LogP contribution < -0.4 is 10.5 Å². The van der Waals surface area contributed by atoms with E-state index in [1.165, 1.54) is 0 Å². The largest absolute Gasteiger partial charge is 0.493 e. The van der Waals surface area contributed by atoms with Crippen LogP contribution in [0.2, 0.25) is 0 Å². The minimum atomic E-state index is 0.00546. The SMILES string of the molecule is CCCN(C(=O)c1c(N)cccc1OCC)C1CC1. The standard InChI is InChI=1S/C15H22N2O2/c1-3-10-17(11-8-9-11)15(18)14-12(16)6-5-7-13(14)19-4-2/h5-7,11H,3-4,8-10,16H2,1-2H3. The van der Waals surface area contributed by atoms with Crippen LogP contribution in [0.15, 0.2) is 18.2 Å². The van der Waals surface area contributed by atoms with E-state index in [-0.39, 0.29) is 5.91 Å². The average Bonchev–Trinajstić information content (AvgIpc) is 3.20. The van der Waals surface area contributed by atoms with Gasteiger partial charge in [0.05, 0.1) is 6.61 Å². The van der Waals surface area contributed by atoms with Gasteiger partial charge in [0, 0.05) is 18.3 Å². The minimum Gasteiger partial charge on any atom is -0.493 e. The van der Waals surface area contributed by atoms with Crippen molar-refractivity contribution in [3.63, 3.8) is 0 Å². The first kappa shape index (κ1) is 13.7. The lowest BCUT2D eigenvalue weighted by atomic mass is 10.1. The smallest absolute Gasteiger partial charge is 0.259 e. The number of amides is 1. The summed E-state index contributed by atoms with van der Waals surface area (Å²) in [5.41, 5.74) is 7.00. The predicted octanol–water partition coefficient (Wildman–Crippen LogP) is 2.68. The molecule has 4 heteroatoms. The molecule has 0 unspecified atom stereocenters. The van der Waals surface area contributed by atoms with Gasteiger partial charge in [0.2, 0.25) is 0 Å². The second kappa shape index (κ2) is 5.95. The summed E-state index contributed by atoms with van der Waals surface area (Å²) in [5.74, 6) is 0.597. The summed E-state index contributed by atoms with van der Waals surface area (Å²) in [4.78, 5) is 14.6. The number of hydrogen-bond acceptors (Lipinski definition) is 3. The molecule has 0 bridgehead atoms. The van der Waals surface area contributed by atoms with Crippen LogP contribution in [0.3, 0.4) is 0 Å². The molecule has 2 rings (SSSR count). The van der Waals surface area contributed by atoms with E-state index in [1.807, 2.05) is 24.0 Å². The number of nitrogen functional groups attached to an aromatic ring is 1. The van der Waals surface area contributed by atoms with Crippen molar-refractivity contribution < 1.29 is 9.53 Å². The summed E-state index contributed by atoms with van der Waals surface area (Å²) in [6.45, 7) is 5.30. The number of ether oxygens (including phenoxy) is 1. The quantitative estimate of drug-likeness (QED) is 0.802. The summed E-state index contributed by atoms with van der Waals surface area (Å²) < 4.78 is 5.54. The molecule has 0 saturated heterocycles. The molecular formula is C15H22N2O2. The molecule has 19 heavy (non-hydrogen) atoms. The Bertz CT molecular complexity index is 455. The first-order chi connectivity index (χ1) is 9.19. The van der Waals surface area contributed by atoms with Crippen LogP contribution in [0.1, 0.15) is 43.5 Å². The normalized spacial score (nSPS) is 14.2. The topological polar surface area (TPSA) is 55.6 Å². The van der Waals surface area contributed by atoms with Gasteiger partial charge in [-0.1, -0.05) is 13.0 Å². The number of nitrogens with two attached hydrogens (primary N) is 1. The fourth-order valence-electron chi connectivity index (χ4n) is 2.27. The van der Waals surface area contributed by atoms with Gasteiger partial charge in [-0.3, -0.25) is 4.79 Å². The molecule has 4 nitrogen and oxygen atoms in total. The average molecular weight is 262 g/mol. The van der Waals surface area contributed by atoms with Crippen LogP contribution in [0.4, 0.5) is 5.69 Å². The maximum Gasteiger partial charge on any atom is 0.259 e. The number of benzene rings is 1. The van der Waals surface area contributed by atoms with Crippen molar-refractivity contribution >= 4 is 11.6 Å². The molecule has 0 aromatic heterocycles. The van der Waals surface area contributed by atoms with Gasteiger partial charge in [-0.15, -0.1) is 0 Å². The van der Waals surface area contributed by atoms with Gasteiger partial charge in [0.15, 0.2) is 0 Å². The van der Waals surface area contributed by atoms with E-state index in [0.717, 1.165) is 25.8 Å². The molecule has 2 N–H and O–H groups in total. The molecular weight excluding hydrogens is 240 g/mol. The van der Waals surface area contributed by atoms with Gasteiger partial charge >= 0.3 is 0 Å². The second-order valence-corrected chi connectivity index (χ2v) is 4.88. The molecule has 1 fully saturated rings. The maximum atomic E-state index is 12.7. The van der Waals surface area contributed by atoms with Gasteiger partial charge in [0.25, 0.3) is 5.91 Å². The lowest BCUT2D eigenvalue weighted by Gasteiger charge is -2.23. The van der Waals surface area contributed by atoms with Crippen molar-refractivity contribution in [3.05, 3.63) is 23.8 Å². The number of rotatable bonds is 6. The molecule has 0 heterocycles. The molecule has 0 spiro atoms. The molecule has 1 aliphatic carbocycles. The highest BCUT2D eigenvalue weighted by molar-refractivity contribution is 6.02. The molecule has 0 radical (unpaired) electrons. The Morgan fingerprint density at radius 1 is 1.42 bits per heavy atom. The van der Waals surface area contributed by atoms with Crippen LogP contribution >= 0.6 is 0 Å². The number of carbonyl (C=O) groups is 1. The van der Waals surface area contributed by atoms with Crippen LogP contribution in [-0.2, 0) is 0 Å². The van der Waals surface area contributed by atoms with E-state index in [2.05, 4.69) is 6.92 Å². The fraction of sp³-hybridized carbons (Fsp3) is 0.533. The van der Waals surface area contributed by atoms with Gasteiger partial charge in [-0.2, -0.15) is 0 Å². The van der Waals surface area contributed by atoms with E-state index in [1.54, 1.807) is 6.07 Å². The Hall–Kier alpha value is -1.71. The van der Waals surface area contributed by atoms with Crippen molar-refractivity contribution in [2.75, 3.05) is 18.9 Å². The van der Waals surface area contributed by atoms with Crippen molar-refractivity contribution in [3.8, 4) is 5.75 Å². The monoisotopic (exact) mass is 262 g/mol. The van der Waals surface area contributed by atoms with E-state index in [4.69, 9.17) is 10.5 Å². The van der Waals surface area contributed by atoms with Gasteiger partial charge in [-0.05, 0) is 38.3 Å². The van der Waals surface area contributed by atoms with E-state index in [0.29, 0.717) is 29.6 Å². The molecule has 0 aliphatic heterocycles. The molecule has 1 aliphatic rings. The molecule has 1 saturated carbocycles. The minimum absolute atomic E-state index is 0.00546. The zero-order chi connectivity index (χ0) is 13.8. The molecule has 0 atom stereocenters. The van der Waals surface area contributed by atoms with E-state index in [9.17, 15) is 4.79 Å². The lowest BCUT2D eigenvalue weighted by molar-refractivity contribution is 0.0740. The fourth-order valence-corrected chi connectivity index (χ4v) is 2.27. The third-order valence-electron chi connectivity index (χ3n) is 3.29. The highest BCUT2D eigenvalue weighted by Gasteiger charge is 2.34. The van der Waals surface area contributed by atoms with E-state index >= 15 is 0 Å². The van der Waals surface area contributed by atoms with Crippen LogP contribution in [-0.4, -0.2) is 30.0 Å². The number of hydrogen-bond donors (Lipinski definition) is 1. The first-order valence-electron chi connectivity index (χ1n) is 7.01. The summed E-state index contributed by atoms with van der Waals surface area (Å²) in [6, 6.07) is 5.77. The molecule has 104 valence electrons. The third kappa shape index (κ3) is 3.00. The predicted molar refractivity (Wildman–Crippen MR) is 76.4 cm³/mol. The Balaban J connectivity index is 2.30. The first-order valence-corrected chi connectivity index (χ1v) is 7.01. The number of anilines is 1. The van der Waals surface area contributed by atoms with Crippen LogP contribution in [0, 0.1) is 0 Å². The molecule has 1 aromatic rings. The van der Waals surface area contributed by atoms with Crippen LogP contribution in [0.5, 0.6) is 5.75 Å². The second-order valence-electron chi connectivity index (χ2n) is 4.88. The van der Waals surface area contributed by atoms with Crippen molar-refractivity contribution in [2.45, 2.75) is 39.2 Å². The Labute approximate surface area is 114 Å². The van der Waals surface area contributed by atoms with Crippen molar-refractivity contribution in [1.29, 1.82) is 0 Å². The van der Waals surface area contributed by atoms with Gasteiger partial charge < -0.3 is 15.4 Å². The highest BCUT2D eigenvalue weighted by Crippen LogP contribution is 2.32. The summed E-state index contributed by atoms with van der Waals surface area (Å²) in [7, 11) is 0. The van der Waals surface area contributed by atoms with Crippen LogP contribution in [0.25, 0.3) is 0 Å². The Kier molecular flexibility index (Phi) is 4.30. The molecule has 1 amide bonds. The number of carbonyl (C=O) groups excluding carboxylic acids is 1. The van der Waals surface area contributed by atoms with Crippen molar-refractivity contribution in [2.24, 2.45) is 0 Å². The Morgan fingerprint density at radius 3 is 2.74 bits per heavy atom. The zero-order valence-electron chi connectivity index (χ0n) is 11.7. The third-order valence-corrected chi connectivity index (χ3v) is 3.29. The summed E-state index contributed by atoms with van der Waals surface area (Å²) in [6.07, 6.45) is 3.16. The Morgan fingerprint density at radius 2 is 2.16 bits per heavy atom. The zero-order valence-corrected chi connectivity index (χ0v) is 11.7. The van der Waals surface area contributed by atoms with Gasteiger partial charge in [0.1, 0.15) is 11.3 Å². The van der Waals surface area contributed by atoms with Crippen molar-refractivity contribution in [1.82, 2.24) is 4.90 Å².